The van der Waals surface area contributed by atoms with E-state index in [1.807, 2.05) is 0 Å². The van der Waals surface area contributed by atoms with Gasteiger partial charge in [-0.25, -0.2) is 0 Å². The molecular formula is C56H94N4O40. The number of aliphatic hydroxyl groups is 21. The lowest BCUT2D eigenvalue weighted by Crippen LogP contribution is -2.71. The van der Waals surface area contributed by atoms with Gasteiger partial charge in [0.1, 0.15) is 189 Å². The lowest BCUT2D eigenvalue weighted by Gasteiger charge is -2.51. The van der Waals surface area contributed by atoms with E-state index in [-0.39, 0.29) is 0 Å². The van der Waals surface area contributed by atoms with Gasteiger partial charge in [0.05, 0.1) is 52.4 Å². The Morgan fingerprint density at radius 1 is 0.280 bits per heavy atom. The number of nitrogens with one attached hydrogen (secondary N) is 4. The van der Waals surface area contributed by atoms with E-state index in [0.29, 0.717) is 0 Å². The fourth-order valence-electron chi connectivity index (χ4n) is 12.8. The van der Waals surface area contributed by atoms with Crippen LogP contribution in [0.1, 0.15) is 34.6 Å². The average molecular weight is 1460 g/mol. The largest absolute Gasteiger partial charge is 0.394 e. The van der Waals surface area contributed by atoms with Crippen molar-refractivity contribution in [1.29, 1.82) is 0 Å². The van der Waals surface area contributed by atoms with Crippen LogP contribution in [0.3, 0.4) is 0 Å². The Morgan fingerprint density at radius 2 is 0.620 bits per heavy atom. The molecular weight excluding hydrogens is 1370 g/mol. The zero-order chi connectivity index (χ0) is 73.8. The van der Waals surface area contributed by atoms with Crippen molar-refractivity contribution in [2.75, 3.05) is 46.2 Å². The van der Waals surface area contributed by atoms with Crippen molar-refractivity contribution >= 4 is 23.6 Å². The Morgan fingerprint density at radius 3 is 1.09 bits per heavy atom. The number of amides is 4. The highest BCUT2D eigenvalue weighted by Gasteiger charge is 2.60. The summed E-state index contributed by atoms with van der Waals surface area (Å²) in [6.07, 6.45) is -71.6. The Hall–Kier alpha value is -3.56. The molecule has 0 radical (unpaired) electrons. The molecule has 44 heteroatoms. The number of hydrogen-bond donors (Lipinski definition) is 25. The van der Waals surface area contributed by atoms with Crippen molar-refractivity contribution in [3.8, 4) is 0 Å². The molecule has 44 nitrogen and oxygen atoms in total. The second-order valence-electron chi connectivity index (χ2n) is 25.4. The molecule has 8 aliphatic rings. The highest BCUT2D eigenvalue weighted by molar-refractivity contribution is 5.74. The summed E-state index contributed by atoms with van der Waals surface area (Å²) in [7, 11) is 0. The van der Waals surface area contributed by atoms with Crippen LogP contribution in [0.5, 0.6) is 0 Å². The minimum absolute atomic E-state index is 0.809. The highest BCUT2D eigenvalue weighted by atomic mass is 16.8. The van der Waals surface area contributed by atoms with Gasteiger partial charge in [0.25, 0.3) is 0 Å². The van der Waals surface area contributed by atoms with Gasteiger partial charge in [-0.2, -0.15) is 0 Å². The fourth-order valence-corrected chi connectivity index (χ4v) is 12.8. The van der Waals surface area contributed by atoms with Crippen LogP contribution in [0.2, 0.25) is 0 Å². The molecule has 0 aliphatic carbocycles. The van der Waals surface area contributed by atoms with Gasteiger partial charge in [-0.05, 0) is 6.92 Å². The van der Waals surface area contributed by atoms with Gasteiger partial charge >= 0.3 is 0 Å². The van der Waals surface area contributed by atoms with Crippen LogP contribution < -0.4 is 21.3 Å². The molecule has 8 saturated heterocycles. The standard InChI is InChI=1S/C56H94N4O40/c1-13-29(70)39(80)42(83)53(88-13)86-12-24-45(37(78)25(49(85)89-24)57-14(2)66)96-52-28(60-17(5)69)38(79)44(22(10-65)94-52)97-54-43(84)46(98-56-48(41(82)33(74)21(9-64)93-56)100-51-27(59-16(4)68)36(77)31(72)19(7-62)91-51)34(75)23(95-54)11-87-55-47(40(81)32(73)20(8-63)92-55)99-50-26(58-15(3)67)35(76)30(71)18(6-61)90-50/h13,18-56,61-65,70-85H,6-12H2,1-5H3,(H,57,66)(H,58,67)(H,59,68)(H,60,69)/t13?,18?,19?,20?,21?,22?,23?,24?,25?,26?,27?,28?,29-,30-,31-,32-,33-,34-,35-,36-,37-,38-,39?,40+,41+,42?,43?,44-,45-,46+,47?,48?,49?,50+,51+,52+,53-,54+,55-,56+/m1/s1. The van der Waals surface area contributed by atoms with Gasteiger partial charge in [-0.3, -0.25) is 19.2 Å². The molecule has 0 bridgehead atoms. The summed E-state index contributed by atoms with van der Waals surface area (Å²) in [5, 5.41) is 242. The molecule has 8 heterocycles. The maximum atomic E-state index is 13.1. The van der Waals surface area contributed by atoms with E-state index < -0.39 is 315 Å². The van der Waals surface area contributed by atoms with Crippen molar-refractivity contribution in [1.82, 2.24) is 21.3 Å². The summed E-state index contributed by atoms with van der Waals surface area (Å²) in [4.78, 5) is 50.2. The highest BCUT2D eigenvalue weighted by Crippen LogP contribution is 2.38. The van der Waals surface area contributed by atoms with Crippen LogP contribution in [0.25, 0.3) is 0 Å². The Balaban J connectivity index is 1.14. The lowest BCUT2D eigenvalue weighted by molar-refractivity contribution is -0.396. The maximum absolute atomic E-state index is 13.1. The molecule has 0 aromatic rings. The van der Waals surface area contributed by atoms with Crippen molar-refractivity contribution in [2.24, 2.45) is 0 Å². The first kappa shape index (κ1) is 82.1. The predicted molar refractivity (Wildman–Crippen MR) is 309 cm³/mol. The molecule has 40 atom stereocenters. The smallest absolute Gasteiger partial charge is 0.217 e. The van der Waals surface area contributed by atoms with Crippen molar-refractivity contribution < 1.29 is 197 Å². The lowest BCUT2D eigenvalue weighted by atomic mass is 9.93. The number of hydrogen-bond acceptors (Lipinski definition) is 40. The second-order valence-corrected chi connectivity index (χ2v) is 25.4. The summed E-state index contributed by atoms with van der Waals surface area (Å²) < 4.78 is 88.8. The summed E-state index contributed by atoms with van der Waals surface area (Å²) in [6, 6.07) is -7.10. The summed E-state index contributed by atoms with van der Waals surface area (Å²) in [5.74, 6) is -3.42. The third-order valence-corrected chi connectivity index (χ3v) is 18.2. The molecule has 4 amide bonds. The molecule has 8 rings (SSSR count). The summed E-state index contributed by atoms with van der Waals surface area (Å²) in [6.45, 7) is -1.92. The first-order chi connectivity index (χ1) is 47.2. The van der Waals surface area contributed by atoms with E-state index in [1.165, 1.54) is 6.92 Å². The molecule has 0 saturated carbocycles. The van der Waals surface area contributed by atoms with Gasteiger partial charge in [-0.15, -0.1) is 0 Å². The summed E-state index contributed by atoms with van der Waals surface area (Å²) in [5.41, 5.74) is 0. The molecule has 100 heavy (non-hydrogen) atoms. The Labute approximate surface area is 567 Å². The third-order valence-electron chi connectivity index (χ3n) is 18.2. The first-order valence-electron chi connectivity index (χ1n) is 32.0. The van der Waals surface area contributed by atoms with E-state index in [4.69, 9.17) is 71.1 Å². The average Bonchev–Trinajstić information content (AvgIpc) is 0.778. The number of carbonyl (C=O) groups is 4. The normalized spacial score (nSPS) is 48.7. The van der Waals surface area contributed by atoms with Gasteiger partial charge < -0.3 is 200 Å². The quantitative estimate of drug-likeness (QED) is 0.0404. The Kier molecular flexibility index (Phi) is 29.3. The van der Waals surface area contributed by atoms with Crippen LogP contribution in [-0.2, 0) is 90.2 Å². The fraction of sp³-hybridized carbons (Fsp3) is 0.929. The molecule has 8 aliphatic heterocycles. The number of carbonyl (C=O) groups excluding carboxylic acids is 4. The first-order valence-corrected chi connectivity index (χ1v) is 32.0. The Bertz CT molecular complexity index is 2620. The monoisotopic (exact) mass is 1460 g/mol. The van der Waals surface area contributed by atoms with E-state index >= 15 is 0 Å². The minimum Gasteiger partial charge on any atom is -0.394 e. The molecule has 578 valence electrons. The van der Waals surface area contributed by atoms with Crippen molar-refractivity contribution in [2.45, 2.75) is 280 Å². The van der Waals surface area contributed by atoms with E-state index in [9.17, 15) is 126 Å². The zero-order valence-electron chi connectivity index (χ0n) is 54.2. The number of ether oxygens (including phenoxy) is 15. The van der Waals surface area contributed by atoms with Gasteiger partial charge in [0, 0.05) is 27.7 Å². The maximum Gasteiger partial charge on any atom is 0.217 e. The molecule has 0 spiro atoms. The van der Waals surface area contributed by atoms with Crippen LogP contribution in [0.4, 0.5) is 0 Å². The third kappa shape index (κ3) is 18.3. The molecule has 8 fully saturated rings. The molecule has 25 N–H and O–H groups in total. The topological polar surface area (TPSA) is 680 Å². The van der Waals surface area contributed by atoms with Gasteiger partial charge in [0.15, 0.2) is 50.3 Å². The van der Waals surface area contributed by atoms with Crippen LogP contribution in [-0.4, -0.2) is 423 Å². The molecule has 0 aromatic heterocycles. The van der Waals surface area contributed by atoms with Crippen LogP contribution >= 0.6 is 0 Å². The SMILES string of the molecule is CC(=O)NC1[C@H](OC2[C@H](OCC3O[C@@H](O[C@@H]4C(CO)O[C@@H](O[C@@H]5C(CO[C@@H]6OC(C)[C@@H](O)C(O)C6O)OC(O)C(NC(C)=O)[C@H]5O)C(NC(C)=O)[C@H]4O)C(O)[C@@H](O[C@@H]4OC(CO)[C@@H](O)[C@H](O)C4O[C@@H]4OC(CO)[C@@H](O)[C@H](O)C4NC(C)=O)[C@@H]3O)OC(CO)[C@@H](O)[C@@H]2O)OC(CO)[C@@H](O)[C@@H]1O. The van der Waals surface area contributed by atoms with Gasteiger partial charge in [0.2, 0.25) is 23.6 Å². The molecule has 0 aromatic carbocycles. The predicted octanol–water partition coefficient (Wildman–Crippen LogP) is -16.8. The van der Waals surface area contributed by atoms with Crippen molar-refractivity contribution in [3.05, 3.63) is 0 Å². The number of rotatable bonds is 25. The van der Waals surface area contributed by atoms with Crippen LogP contribution in [0.15, 0.2) is 0 Å². The summed E-state index contributed by atoms with van der Waals surface area (Å²) >= 11 is 0. The van der Waals surface area contributed by atoms with E-state index in [0.717, 1.165) is 27.7 Å². The minimum atomic E-state index is -2.50. The van der Waals surface area contributed by atoms with Crippen LogP contribution in [0, 0.1) is 0 Å². The second kappa shape index (κ2) is 35.7. The number of aliphatic hydroxyl groups excluding tert-OH is 21. The zero-order valence-corrected chi connectivity index (χ0v) is 54.2. The molecule has 18 unspecified atom stereocenters. The van der Waals surface area contributed by atoms with E-state index in [2.05, 4.69) is 21.3 Å². The van der Waals surface area contributed by atoms with Crippen molar-refractivity contribution in [3.63, 3.8) is 0 Å². The van der Waals surface area contributed by atoms with E-state index in [1.54, 1.807) is 0 Å². The van der Waals surface area contributed by atoms with Gasteiger partial charge in [-0.1, -0.05) is 0 Å².